The van der Waals surface area contributed by atoms with Crippen molar-refractivity contribution in [2.75, 3.05) is 0 Å². The number of aliphatic hydroxyl groups is 1. The van der Waals surface area contributed by atoms with Crippen LogP contribution in [0.3, 0.4) is 0 Å². The molecular formula is C11H18BF3N2O2. The molecule has 108 valence electrons. The van der Waals surface area contributed by atoms with Crippen molar-refractivity contribution < 1.29 is 22.9 Å². The van der Waals surface area contributed by atoms with Gasteiger partial charge in [0.25, 0.3) is 0 Å². The predicted molar refractivity (Wildman–Crippen MR) is 66.5 cm³/mol. The van der Waals surface area contributed by atoms with Crippen LogP contribution in [0.4, 0.5) is 13.2 Å². The average Bonchev–Trinajstić information content (AvgIpc) is 2.58. The lowest BCUT2D eigenvalue weighted by Crippen LogP contribution is -2.49. The maximum atomic E-state index is 12.2. The van der Waals surface area contributed by atoms with Crippen LogP contribution >= 0.6 is 0 Å². The Hall–Kier alpha value is -1.02. The number of hydrogen-bond donors (Lipinski definition) is 1. The fourth-order valence-corrected chi connectivity index (χ4v) is 1.19. The third-order valence-corrected chi connectivity index (χ3v) is 3.10. The van der Waals surface area contributed by atoms with Gasteiger partial charge in [-0.05, 0) is 33.2 Å². The SMILES string of the molecule is CC(C)(O)C(C)(C)OBc1cnn(CC(F)(F)F)c1. The van der Waals surface area contributed by atoms with E-state index in [1.807, 2.05) is 0 Å². The maximum Gasteiger partial charge on any atom is 0.408 e. The second kappa shape index (κ2) is 5.17. The molecule has 0 spiro atoms. The number of halogens is 3. The summed E-state index contributed by atoms with van der Waals surface area (Å²) in [5.41, 5.74) is -1.35. The lowest BCUT2D eigenvalue weighted by atomic mass is 9.84. The van der Waals surface area contributed by atoms with Crippen molar-refractivity contribution in [2.24, 2.45) is 0 Å². The molecule has 0 bridgehead atoms. The molecule has 0 saturated heterocycles. The lowest BCUT2D eigenvalue weighted by molar-refractivity contribution is -0.142. The first-order chi connectivity index (χ1) is 8.41. The second-order valence-electron chi connectivity index (χ2n) is 5.52. The third kappa shape index (κ3) is 4.87. The summed E-state index contributed by atoms with van der Waals surface area (Å²) >= 11 is 0. The molecule has 0 amide bonds. The van der Waals surface area contributed by atoms with E-state index in [0.29, 0.717) is 5.46 Å². The third-order valence-electron chi connectivity index (χ3n) is 3.10. The van der Waals surface area contributed by atoms with Crippen LogP contribution in [0.1, 0.15) is 27.7 Å². The van der Waals surface area contributed by atoms with Gasteiger partial charge in [0.05, 0.1) is 11.2 Å². The molecule has 0 saturated carbocycles. The predicted octanol–water partition coefficient (Wildman–Crippen LogP) is 0.988. The van der Waals surface area contributed by atoms with Crippen molar-refractivity contribution in [3.63, 3.8) is 0 Å². The van der Waals surface area contributed by atoms with Crippen molar-refractivity contribution in [3.05, 3.63) is 12.4 Å². The highest BCUT2D eigenvalue weighted by Gasteiger charge is 2.35. The standard InChI is InChI=1S/C11H18BF3N2O2/c1-9(2,18)10(3,4)19-12-8-5-16-17(6-8)7-11(13,14)15/h5-6,12,18H,7H2,1-4H3. The largest absolute Gasteiger partial charge is 0.427 e. The van der Waals surface area contributed by atoms with Gasteiger partial charge in [-0.1, -0.05) is 0 Å². The summed E-state index contributed by atoms with van der Waals surface area (Å²) in [7, 11) is 0.0921. The van der Waals surface area contributed by atoms with Gasteiger partial charge in [0.15, 0.2) is 0 Å². The van der Waals surface area contributed by atoms with Gasteiger partial charge in [0.2, 0.25) is 0 Å². The Morgan fingerprint density at radius 2 is 1.89 bits per heavy atom. The summed E-state index contributed by atoms with van der Waals surface area (Å²) in [4.78, 5) is 0. The first kappa shape index (κ1) is 16.0. The Labute approximate surface area is 110 Å². The van der Waals surface area contributed by atoms with Crippen molar-refractivity contribution >= 4 is 12.9 Å². The first-order valence-corrected chi connectivity index (χ1v) is 5.85. The molecule has 0 radical (unpaired) electrons. The van der Waals surface area contributed by atoms with Gasteiger partial charge in [-0.2, -0.15) is 18.3 Å². The zero-order valence-corrected chi connectivity index (χ0v) is 11.5. The smallest absolute Gasteiger partial charge is 0.408 e. The molecule has 1 aromatic rings. The molecule has 4 nitrogen and oxygen atoms in total. The van der Waals surface area contributed by atoms with Gasteiger partial charge in [0, 0.05) is 12.4 Å². The summed E-state index contributed by atoms with van der Waals surface area (Å²) in [6.07, 6.45) is -1.68. The highest BCUT2D eigenvalue weighted by atomic mass is 19.4. The highest BCUT2D eigenvalue weighted by Crippen LogP contribution is 2.24. The Bertz CT molecular complexity index is 424. The number of alkyl halides is 3. The average molecular weight is 278 g/mol. The molecule has 0 aliphatic heterocycles. The molecule has 8 heteroatoms. The van der Waals surface area contributed by atoms with E-state index in [9.17, 15) is 18.3 Å². The molecule has 1 N–H and O–H groups in total. The minimum absolute atomic E-state index is 0.0921. The first-order valence-electron chi connectivity index (χ1n) is 5.85. The van der Waals surface area contributed by atoms with Crippen LogP contribution in [0, 0.1) is 0 Å². The van der Waals surface area contributed by atoms with E-state index in [4.69, 9.17) is 4.65 Å². The van der Waals surface area contributed by atoms with E-state index in [1.54, 1.807) is 27.7 Å². The summed E-state index contributed by atoms with van der Waals surface area (Å²) < 4.78 is 42.8. The zero-order chi connectivity index (χ0) is 14.9. The highest BCUT2D eigenvalue weighted by molar-refractivity contribution is 6.46. The topological polar surface area (TPSA) is 47.3 Å². The van der Waals surface area contributed by atoms with E-state index in [2.05, 4.69) is 5.10 Å². The van der Waals surface area contributed by atoms with Crippen LogP contribution in [0.5, 0.6) is 0 Å². The van der Waals surface area contributed by atoms with E-state index >= 15 is 0 Å². The fourth-order valence-electron chi connectivity index (χ4n) is 1.19. The molecule has 0 atom stereocenters. The Kier molecular flexibility index (Phi) is 4.36. The Morgan fingerprint density at radius 3 is 2.37 bits per heavy atom. The van der Waals surface area contributed by atoms with Crippen LogP contribution in [0.2, 0.25) is 0 Å². The van der Waals surface area contributed by atoms with Gasteiger partial charge in [-0.25, -0.2) is 0 Å². The molecule has 1 heterocycles. The summed E-state index contributed by atoms with van der Waals surface area (Å²) in [6.45, 7) is 5.53. The number of rotatable bonds is 5. The Morgan fingerprint density at radius 1 is 1.32 bits per heavy atom. The minimum Gasteiger partial charge on any atom is -0.427 e. The molecule has 0 aliphatic carbocycles. The van der Waals surface area contributed by atoms with Crippen LogP contribution in [-0.4, -0.2) is 39.7 Å². The van der Waals surface area contributed by atoms with Crippen molar-refractivity contribution in [2.45, 2.75) is 51.6 Å². The van der Waals surface area contributed by atoms with Gasteiger partial charge in [-0.15, -0.1) is 0 Å². The minimum atomic E-state index is -4.30. The molecule has 0 unspecified atom stereocenters. The van der Waals surface area contributed by atoms with E-state index < -0.39 is 23.9 Å². The van der Waals surface area contributed by atoms with Gasteiger partial charge in [0.1, 0.15) is 6.54 Å². The summed E-state index contributed by atoms with van der Waals surface area (Å²) in [6, 6.07) is 0. The van der Waals surface area contributed by atoms with Crippen LogP contribution < -0.4 is 5.46 Å². The molecule has 1 rings (SSSR count). The monoisotopic (exact) mass is 278 g/mol. The molecule has 0 aliphatic rings. The maximum absolute atomic E-state index is 12.2. The van der Waals surface area contributed by atoms with Crippen molar-refractivity contribution in [3.8, 4) is 0 Å². The number of nitrogens with zero attached hydrogens (tertiary/aromatic N) is 2. The molecule has 0 aromatic carbocycles. The Balaban J connectivity index is 2.61. The molecule has 1 aromatic heterocycles. The van der Waals surface area contributed by atoms with Gasteiger partial charge >= 0.3 is 13.7 Å². The quantitative estimate of drug-likeness (QED) is 0.817. The number of hydrogen-bond acceptors (Lipinski definition) is 3. The zero-order valence-electron chi connectivity index (χ0n) is 11.5. The van der Waals surface area contributed by atoms with Gasteiger partial charge < -0.3 is 9.76 Å². The van der Waals surface area contributed by atoms with Crippen LogP contribution in [0.15, 0.2) is 12.4 Å². The number of aromatic nitrogens is 2. The van der Waals surface area contributed by atoms with Crippen LogP contribution in [-0.2, 0) is 11.2 Å². The summed E-state index contributed by atoms with van der Waals surface area (Å²) in [5, 5.41) is 13.5. The lowest BCUT2D eigenvalue weighted by Gasteiger charge is -2.37. The normalized spacial score (nSPS) is 13.7. The molecule has 19 heavy (non-hydrogen) atoms. The van der Waals surface area contributed by atoms with Crippen molar-refractivity contribution in [1.29, 1.82) is 0 Å². The fraction of sp³-hybridized carbons (Fsp3) is 0.727. The van der Waals surface area contributed by atoms with Gasteiger partial charge in [-0.3, -0.25) is 4.68 Å². The second-order valence-corrected chi connectivity index (χ2v) is 5.52. The van der Waals surface area contributed by atoms with Crippen LogP contribution in [0.25, 0.3) is 0 Å². The summed E-state index contributed by atoms with van der Waals surface area (Å²) in [5.74, 6) is 0. The molecular weight excluding hydrogens is 260 g/mol. The van der Waals surface area contributed by atoms with Crippen molar-refractivity contribution in [1.82, 2.24) is 9.78 Å². The van der Waals surface area contributed by atoms with E-state index in [-0.39, 0.29) is 7.48 Å². The molecule has 0 fully saturated rings. The van der Waals surface area contributed by atoms with E-state index in [1.165, 1.54) is 12.4 Å². The van der Waals surface area contributed by atoms with E-state index in [0.717, 1.165) is 4.68 Å².